The molecule has 0 amide bonds. The number of H-pyrrole nitrogens is 1. The van der Waals surface area contributed by atoms with Gasteiger partial charge in [0.25, 0.3) is 0 Å². The zero-order chi connectivity index (χ0) is 6.10. The minimum absolute atomic E-state index is 0. The molecule has 0 spiro atoms. The molecule has 2 radical (unpaired) electrons. The molecule has 0 aliphatic rings. The molecular formula is C8H9NSn. The molecule has 0 aliphatic carbocycles. The van der Waals surface area contributed by atoms with Crippen molar-refractivity contribution in [3.63, 3.8) is 0 Å². The number of hydrogen-bond acceptors (Lipinski definition) is 0. The number of fused-ring (bicyclic) bond motifs is 1. The van der Waals surface area contributed by atoms with Crippen LogP contribution >= 0.6 is 0 Å². The molecule has 10 heavy (non-hydrogen) atoms. The van der Waals surface area contributed by atoms with Gasteiger partial charge in [-0.25, -0.2) is 0 Å². The fourth-order valence-electron chi connectivity index (χ4n) is 0.995. The molecule has 1 heterocycles. The molecule has 50 valence electrons. The molecule has 2 rings (SSSR count). The van der Waals surface area contributed by atoms with E-state index >= 15 is 0 Å². The molecule has 2 aromatic rings. The van der Waals surface area contributed by atoms with Crippen LogP contribution in [0.1, 0.15) is 0 Å². The smallest absolute Gasteiger partial charge is 0.0453 e. The van der Waals surface area contributed by atoms with Crippen LogP contribution in [0.25, 0.3) is 10.9 Å². The van der Waals surface area contributed by atoms with E-state index in [-0.39, 0.29) is 23.9 Å². The standard InChI is InChI=1S/C8H7N.Sn.2H/c1-2-4-8-7(3-1)5-6-9-8;;;/h1-6,9H;;;. The van der Waals surface area contributed by atoms with Crippen molar-refractivity contribution in [1.29, 1.82) is 0 Å². The summed E-state index contributed by atoms with van der Waals surface area (Å²) in [7, 11) is 0. The van der Waals surface area contributed by atoms with Crippen LogP contribution in [-0.2, 0) is 0 Å². The minimum Gasteiger partial charge on any atom is -0.361 e. The maximum Gasteiger partial charge on any atom is 0.0453 e. The average Bonchev–Trinajstić information content (AvgIpc) is 2.33. The number of nitrogens with one attached hydrogen (secondary N) is 1. The quantitative estimate of drug-likeness (QED) is 0.664. The van der Waals surface area contributed by atoms with Crippen molar-refractivity contribution in [2.75, 3.05) is 0 Å². The maximum absolute atomic E-state index is 3.12. The maximum atomic E-state index is 3.12. The number of benzene rings is 1. The Morgan fingerprint density at radius 2 is 1.80 bits per heavy atom. The van der Waals surface area contributed by atoms with Gasteiger partial charge in [0.2, 0.25) is 0 Å². The molecule has 2 heteroatoms. The van der Waals surface area contributed by atoms with E-state index in [2.05, 4.69) is 23.2 Å². The molecule has 0 unspecified atom stereocenters. The Morgan fingerprint density at radius 1 is 1.00 bits per heavy atom. The topological polar surface area (TPSA) is 15.8 Å². The van der Waals surface area contributed by atoms with Crippen molar-refractivity contribution in [1.82, 2.24) is 4.98 Å². The van der Waals surface area contributed by atoms with Gasteiger partial charge in [0.15, 0.2) is 0 Å². The Bertz CT molecular complexity index is 283. The SMILES string of the molecule is [SnH2].c1ccc2[nH]ccc2c1. The Morgan fingerprint density at radius 3 is 2.60 bits per heavy atom. The van der Waals surface area contributed by atoms with Gasteiger partial charge in [0.1, 0.15) is 0 Å². The predicted octanol–water partition coefficient (Wildman–Crippen LogP) is 1.25. The van der Waals surface area contributed by atoms with E-state index in [9.17, 15) is 0 Å². The summed E-state index contributed by atoms with van der Waals surface area (Å²) < 4.78 is 0. The Balaban J connectivity index is 0.000000500. The summed E-state index contributed by atoms with van der Waals surface area (Å²) in [4.78, 5) is 3.12. The number of hydrogen-bond donors (Lipinski definition) is 1. The van der Waals surface area contributed by atoms with Crippen molar-refractivity contribution >= 4 is 34.8 Å². The zero-order valence-electron chi connectivity index (χ0n) is 5.67. The average molecular weight is 238 g/mol. The summed E-state index contributed by atoms with van der Waals surface area (Å²) in [6, 6.07) is 10.3. The molecule has 0 saturated carbocycles. The van der Waals surface area contributed by atoms with E-state index < -0.39 is 0 Å². The molecule has 0 atom stereocenters. The van der Waals surface area contributed by atoms with Crippen molar-refractivity contribution < 1.29 is 0 Å². The first-order valence-electron chi connectivity index (χ1n) is 2.99. The molecule has 1 aromatic heterocycles. The second kappa shape index (κ2) is 3.10. The van der Waals surface area contributed by atoms with Crippen molar-refractivity contribution in [2.24, 2.45) is 0 Å². The first kappa shape index (κ1) is 7.66. The van der Waals surface area contributed by atoms with Crippen molar-refractivity contribution in [2.45, 2.75) is 0 Å². The van der Waals surface area contributed by atoms with Gasteiger partial charge in [0, 0.05) is 11.7 Å². The minimum atomic E-state index is 0. The summed E-state index contributed by atoms with van der Waals surface area (Å²) in [5.74, 6) is 0. The van der Waals surface area contributed by atoms with Crippen LogP contribution < -0.4 is 0 Å². The van der Waals surface area contributed by atoms with Crippen LogP contribution in [0.3, 0.4) is 0 Å². The molecule has 0 saturated heterocycles. The van der Waals surface area contributed by atoms with E-state index in [4.69, 9.17) is 0 Å². The molecular weight excluding hydrogens is 229 g/mol. The van der Waals surface area contributed by atoms with E-state index in [0.29, 0.717) is 0 Å². The molecule has 0 fully saturated rings. The molecule has 1 aromatic carbocycles. The van der Waals surface area contributed by atoms with Crippen LogP contribution in [0, 0.1) is 0 Å². The van der Waals surface area contributed by atoms with Gasteiger partial charge in [-0.3, -0.25) is 0 Å². The van der Waals surface area contributed by atoms with Gasteiger partial charge in [0.05, 0.1) is 0 Å². The van der Waals surface area contributed by atoms with Gasteiger partial charge in [-0.1, -0.05) is 18.2 Å². The van der Waals surface area contributed by atoms with Crippen LogP contribution in [0.15, 0.2) is 36.5 Å². The fourth-order valence-corrected chi connectivity index (χ4v) is 0.995. The first-order valence-corrected chi connectivity index (χ1v) is 2.99. The van der Waals surface area contributed by atoms with Crippen molar-refractivity contribution in [3.05, 3.63) is 36.5 Å². The van der Waals surface area contributed by atoms with Gasteiger partial charge in [-0.15, -0.1) is 0 Å². The van der Waals surface area contributed by atoms with Gasteiger partial charge < -0.3 is 4.98 Å². The summed E-state index contributed by atoms with van der Waals surface area (Å²) in [6.07, 6.45) is 1.95. The van der Waals surface area contributed by atoms with E-state index in [0.717, 1.165) is 0 Å². The normalized spacial score (nSPS) is 9.20. The fraction of sp³-hybridized carbons (Fsp3) is 0. The van der Waals surface area contributed by atoms with Gasteiger partial charge in [-0.2, -0.15) is 0 Å². The number of aromatic amines is 1. The molecule has 1 nitrogen and oxygen atoms in total. The van der Waals surface area contributed by atoms with E-state index in [1.54, 1.807) is 0 Å². The number of rotatable bonds is 0. The van der Waals surface area contributed by atoms with E-state index in [1.165, 1.54) is 10.9 Å². The predicted molar refractivity (Wildman–Crippen MR) is 46.8 cm³/mol. The third kappa shape index (κ3) is 1.19. The molecule has 1 N–H and O–H groups in total. The third-order valence-electron chi connectivity index (χ3n) is 1.46. The van der Waals surface area contributed by atoms with Gasteiger partial charge in [-0.05, 0) is 17.5 Å². The number of aromatic nitrogens is 1. The molecule has 0 bridgehead atoms. The van der Waals surface area contributed by atoms with Gasteiger partial charge >= 0.3 is 23.9 Å². The van der Waals surface area contributed by atoms with Crippen LogP contribution in [-0.4, -0.2) is 28.9 Å². The van der Waals surface area contributed by atoms with Crippen LogP contribution in [0.4, 0.5) is 0 Å². The number of para-hydroxylation sites is 1. The molecule has 0 aliphatic heterocycles. The second-order valence-electron chi connectivity index (χ2n) is 2.06. The Hall–Kier alpha value is -0.441. The Kier molecular flexibility index (Phi) is 2.38. The largest absolute Gasteiger partial charge is 0.361 e. The van der Waals surface area contributed by atoms with Crippen LogP contribution in [0.2, 0.25) is 0 Å². The summed E-state index contributed by atoms with van der Waals surface area (Å²) in [6.45, 7) is 0. The zero-order valence-corrected chi connectivity index (χ0v) is 9.71. The van der Waals surface area contributed by atoms with Crippen LogP contribution in [0.5, 0.6) is 0 Å². The summed E-state index contributed by atoms with van der Waals surface area (Å²) in [5.41, 5.74) is 1.21. The monoisotopic (exact) mass is 239 g/mol. The van der Waals surface area contributed by atoms with E-state index in [1.807, 2.05) is 18.3 Å². The second-order valence-corrected chi connectivity index (χ2v) is 2.06. The third-order valence-corrected chi connectivity index (χ3v) is 1.46. The van der Waals surface area contributed by atoms with Crippen molar-refractivity contribution in [3.8, 4) is 0 Å². The summed E-state index contributed by atoms with van der Waals surface area (Å²) >= 11 is 0. The summed E-state index contributed by atoms with van der Waals surface area (Å²) in [5, 5.41) is 1.28. The first-order chi connectivity index (χ1) is 4.47. The Labute approximate surface area is 76.4 Å².